The summed E-state index contributed by atoms with van der Waals surface area (Å²) in [5.74, 6) is -0.161. The second kappa shape index (κ2) is 7.23. The summed E-state index contributed by atoms with van der Waals surface area (Å²) in [7, 11) is 0. The van der Waals surface area contributed by atoms with Gasteiger partial charge in [0.2, 0.25) is 0 Å². The van der Waals surface area contributed by atoms with Gasteiger partial charge in [0.1, 0.15) is 0 Å². The van der Waals surface area contributed by atoms with Crippen LogP contribution in [0.4, 0.5) is 0 Å². The first-order chi connectivity index (χ1) is 11.6. The van der Waals surface area contributed by atoms with Crippen molar-refractivity contribution in [2.45, 2.75) is 4.34 Å². The maximum absolute atomic E-state index is 11.7. The van der Waals surface area contributed by atoms with E-state index < -0.39 is 11.2 Å². The van der Waals surface area contributed by atoms with Crippen LogP contribution >= 0.6 is 23.1 Å². The lowest BCUT2D eigenvalue weighted by atomic mass is 10.3. The number of nitrogens with one attached hydrogen (secondary N) is 3. The molecule has 10 heteroatoms. The first kappa shape index (κ1) is 16.1. The SMILES string of the molecule is O=C(CSc1nc2ccccc2s1)N/N=C\c1cc(=O)[nH]c(=O)[nH]1. The van der Waals surface area contributed by atoms with Crippen LogP contribution in [0.1, 0.15) is 5.69 Å². The van der Waals surface area contributed by atoms with Crippen molar-refractivity contribution in [2.75, 3.05) is 5.75 Å². The normalized spacial score (nSPS) is 11.2. The van der Waals surface area contributed by atoms with Gasteiger partial charge in [-0.2, -0.15) is 5.10 Å². The van der Waals surface area contributed by atoms with Crippen molar-refractivity contribution in [1.29, 1.82) is 0 Å². The molecule has 0 bridgehead atoms. The van der Waals surface area contributed by atoms with Crippen molar-refractivity contribution in [3.63, 3.8) is 0 Å². The van der Waals surface area contributed by atoms with E-state index in [1.807, 2.05) is 29.2 Å². The summed E-state index contributed by atoms with van der Waals surface area (Å²) in [6, 6.07) is 8.91. The molecule has 2 aromatic heterocycles. The van der Waals surface area contributed by atoms with E-state index in [4.69, 9.17) is 0 Å². The van der Waals surface area contributed by atoms with E-state index >= 15 is 0 Å². The van der Waals surface area contributed by atoms with Gasteiger partial charge in [-0.1, -0.05) is 23.9 Å². The Morgan fingerprint density at radius 2 is 2.17 bits per heavy atom. The first-order valence-corrected chi connectivity index (χ1v) is 8.54. The minimum absolute atomic E-state index is 0.156. The number of carbonyl (C=O) groups is 1. The van der Waals surface area contributed by atoms with Crippen LogP contribution < -0.4 is 16.7 Å². The number of hydrazone groups is 1. The van der Waals surface area contributed by atoms with E-state index in [1.54, 1.807) is 0 Å². The molecule has 0 aliphatic heterocycles. The van der Waals surface area contributed by atoms with Gasteiger partial charge in [-0.05, 0) is 12.1 Å². The number of benzene rings is 1. The minimum Gasteiger partial charge on any atom is -0.306 e. The molecular formula is C14H11N5O3S2. The Balaban J connectivity index is 1.54. The number of fused-ring (bicyclic) bond motifs is 1. The minimum atomic E-state index is -0.637. The molecule has 0 aliphatic carbocycles. The maximum atomic E-state index is 11.7. The summed E-state index contributed by atoms with van der Waals surface area (Å²) in [6.07, 6.45) is 1.19. The average Bonchev–Trinajstić information content (AvgIpc) is 2.95. The standard InChI is InChI=1S/C14H11N5O3S2/c20-11-5-8(16-13(22)18-11)6-15-19-12(21)7-23-14-17-9-3-1-2-4-10(9)24-14/h1-6H,7H2,(H,19,21)(H2,16,18,20,22)/b15-6-. The number of aromatic nitrogens is 3. The summed E-state index contributed by atoms with van der Waals surface area (Å²) in [4.78, 5) is 42.7. The number of hydrogen-bond acceptors (Lipinski definition) is 7. The maximum Gasteiger partial charge on any atom is 0.326 e. The monoisotopic (exact) mass is 361 g/mol. The Kier molecular flexibility index (Phi) is 4.87. The zero-order valence-corrected chi connectivity index (χ0v) is 13.7. The number of thioether (sulfide) groups is 1. The third-order valence-electron chi connectivity index (χ3n) is 2.78. The van der Waals surface area contributed by atoms with Crippen molar-refractivity contribution < 1.29 is 4.79 Å². The van der Waals surface area contributed by atoms with Crippen LogP contribution in [0.2, 0.25) is 0 Å². The third kappa shape index (κ3) is 4.18. The largest absolute Gasteiger partial charge is 0.326 e. The summed E-state index contributed by atoms with van der Waals surface area (Å²) in [6.45, 7) is 0. The van der Waals surface area contributed by atoms with Crippen LogP contribution in [-0.2, 0) is 4.79 Å². The van der Waals surface area contributed by atoms with Gasteiger partial charge in [-0.15, -0.1) is 11.3 Å². The van der Waals surface area contributed by atoms with Gasteiger partial charge in [0.25, 0.3) is 11.5 Å². The number of H-pyrrole nitrogens is 2. The van der Waals surface area contributed by atoms with E-state index in [-0.39, 0.29) is 17.4 Å². The molecule has 0 saturated heterocycles. The number of rotatable bonds is 5. The number of amides is 1. The molecule has 2 heterocycles. The summed E-state index contributed by atoms with van der Waals surface area (Å²) < 4.78 is 1.87. The quantitative estimate of drug-likeness (QED) is 0.354. The topological polar surface area (TPSA) is 120 Å². The second-order valence-corrected chi connectivity index (χ2v) is 6.83. The van der Waals surface area contributed by atoms with Gasteiger partial charge in [0, 0.05) is 6.07 Å². The molecule has 0 radical (unpaired) electrons. The van der Waals surface area contributed by atoms with Gasteiger partial charge in [-0.25, -0.2) is 15.2 Å². The molecule has 0 atom stereocenters. The fourth-order valence-electron chi connectivity index (χ4n) is 1.80. The van der Waals surface area contributed by atoms with Gasteiger partial charge in [0.15, 0.2) is 4.34 Å². The molecule has 0 saturated carbocycles. The second-order valence-electron chi connectivity index (χ2n) is 4.57. The predicted molar refractivity (Wildman–Crippen MR) is 93.8 cm³/mol. The molecule has 1 aromatic carbocycles. The van der Waals surface area contributed by atoms with E-state index in [1.165, 1.54) is 29.3 Å². The molecule has 3 N–H and O–H groups in total. The van der Waals surface area contributed by atoms with Crippen molar-refractivity contribution in [3.05, 3.63) is 56.9 Å². The Bertz CT molecular complexity index is 959. The lowest BCUT2D eigenvalue weighted by molar-refractivity contribution is -0.118. The molecule has 1 amide bonds. The zero-order chi connectivity index (χ0) is 16.9. The molecule has 8 nitrogen and oxygen atoms in total. The molecule has 24 heavy (non-hydrogen) atoms. The highest BCUT2D eigenvalue weighted by Gasteiger charge is 2.06. The summed E-state index contributed by atoms with van der Waals surface area (Å²) >= 11 is 2.83. The average molecular weight is 361 g/mol. The molecule has 0 fully saturated rings. The molecular weight excluding hydrogens is 350 g/mol. The van der Waals surface area contributed by atoms with E-state index in [2.05, 4.69) is 20.5 Å². The van der Waals surface area contributed by atoms with E-state index in [0.717, 1.165) is 20.6 Å². The Morgan fingerprint density at radius 3 is 2.96 bits per heavy atom. The Morgan fingerprint density at radius 1 is 1.33 bits per heavy atom. The number of thiazole rings is 1. The van der Waals surface area contributed by atoms with E-state index in [0.29, 0.717) is 0 Å². The van der Waals surface area contributed by atoms with Crippen LogP contribution in [0, 0.1) is 0 Å². The van der Waals surface area contributed by atoms with Gasteiger partial charge in [0.05, 0.1) is 27.9 Å². The van der Waals surface area contributed by atoms with Crippen molar-refractivity contribution in [2.24, 2.45) is 5.10 Å². The fourth-order valence-corrected chi connectivity index (χ4v) is 3.66. The van der Waals surface area contributed by atoms with Crippen molar-refractivity contribution >= 4 is 45.4 Å². The number of para-hydroxylation sites is 1. The van der Waals surface area contributed by atoms with Gasteiger partial charge >= 0.3 is 5.69 Å². The number of aromatic amines is 2. The van der Waals surface area contributed by atoms with Crippen LogP contribution in [-0.4, -0.2) is 32.8 Å². The summed E-state index contributed by atoms with van der Waals surface area (Å²) in [5, 5.41) is 3.70. The van der Waals surface area contributed by atoms with Crippen LogP contribution in [0.5, 0.6) is 0 Å². The van der Waals surface area contributed by atoms with Crippen molar-refractivity contribution in [3.8, 4) is 0 Å². The third-order valence-corrected chi connectivity index (χ3v) is 4.95. The zero-order valence-electron chi connectivity index (χ0n) is 12.1. The Labute approximate surface area is 143 Å². The smallest absolute Gasteiger partial charge is 0.306 e. The predicted octanol–water partition coefficient (Wildman–Crippen LogP) is 0.915. The van der Waals surface area contributed by atoms with Crippen LogP contribution in [0.25, 0.3) is 10.2 Å². The fraction of sp³-hybridized carbons (Fsp3) is 0.0714. The lowest BCUT2D eigenvalue weighted by Gasteiger charge is -1.97. The van der Waals surface area contributed by atoms with Crippen molar-refractivity contribution in [1.82, 2.24) is 20.4 Å². The molecule has 0 unspecified atom stereocenters. The van der Waals surface area contributed by atoms with Crippen LogP contribution in [0.15, 0.2) is 49.4 Å². The van der Waals surface area contributed by atoms with Gasteiger partial charge in [-0.3, -0.25) is 14.6 Å². The van der Waals surface area contributed by atoms with Crippen LogP contribution in [0.3, 0.4) is 0 Å². The Hall–Kier alpha value is -2.72. The summed E-state index contributed by atoms with van der Waals surface area (Å²) in [5.41, 5.74) is 2.25. The van der Waals surface area contributed by atoms with E-state index in [9.17, 15) is 14.4 Å². The molecule has 0 aliphatic rings. The molecule has 3 aromatic rings. The lowest BCUT2D eigenvalue weighted by Crippen LogP contribution is -2.24. The highest BCUT2D eigenvalue weighted by atomic mass is 32.2. The first-order valence-electron chi connectivity index (χ1n) is 6.74. The molecule has 122 valence electrons. The highest BCUT2D eigenvalue weighted by molar-refractivity contribution is 8.01. The number of carbonyl (C=O) groups excluding carboxylic acids is 1. The number of nitrogens with zero attached hydrogens (tertiary/aromatic N) is 2. The number of hydrogen-bond donors (Lipinski definition) is 3. The molecule has 0 spiro atoms. The molecule has 3 rings (SSSR count). The highest BCUT2D eigenvalue weighted by Crippen LogP contribution is 2.28. The van der Waals surface area contributed by atoms with Gasteiger partial charge < -0.3 is 4.98 Å².